The van der Waals surface area contributed by atoms with Gasteiger partial charge in [-0.1, -0.05) is 12.1 Å². The summed E-state index contributed by atoms with van der Waals surface area (Å²) in [6.45, 7) is 3.82. The molecule has 0 atom stereocenters. The Balaban J connectivity index is 1.62. The van der Waals surface area contributed by atoms with E-state index in [-0.39, 0.29) is 6.03 Å². The maximum atomic E-state index is 11.8. The van der Waals surface area contributed by atoms with Gasteiger partial charge in [0.2, 0.25) is 0 Å². The zero-order chi connectivity index (χ0) is 14.5. The highest BCUT2D eigenvalue weighted by Crippen LogP contribution is 2.17. The van der Waals surface area contributed by atoms with E-state index in [4.69, 9.17) is 4.74 Å². The Labute approximate surface area is 123 Å². The van der Waals surface area contributed by atoms with Gasteiger partial charge in [-0.3, -0.25) is 0 Å². The van der Waals surface area contributed by atoms with Gasteiger partial charge in [-0.2, -0.15) is 9.78 Å². The van der Waals surface area contributed by atoms with Crippen molar-refractivity contribution >= 4 is 11.7 Å². The van der Waals surface area contributed by atoms with Gasteiger partial charge in [-0.25, -0.2) is 4.79 Å². The third-order valence-corrected chi connectivity index (χ3v) is 3.44. The molecule has 21 heavy (non-hydrogen) atoms. The first-order chi connectivity index (χ1) is 10.3. The molecule has 2 heterocycles. The second-order valence-electron chi connectivity index (χ2n) is 4.88. The Bertz CT molecular complexity index is 591. The lowest BCUT2D eigenvalue weighted by Crippen LogP contribution is -2.36. The number of aromatic nitrogens is 2. The van der Waals surface area contributed by atoms with Crippen LogP contribution in [0, 0.1) is 0 Å². The number of rotatable bonds is 3. The fraction of sp³-hybridized carbons (Fsp3) is 0.333. The van der Waals surface area contributed by atoms with Gasteiger partial charge in [-0.05, 0) is 23.8 Å². The number of ether oxygens (including phenoxy) is 1. The van der Waals surface area contributed by atoms with E-state index in [1.807, 2.05) is 12.1 Å². The van der Waals surface area contributed by atoms with Gasteiger partial charge in [0, 0.05) is 37.7 Å². The second kappa shape index (κ2) is 6.41. The van der Waals surface area contributed by atoms with E-state index in [2.05, 4.69) is 27.4 Å². The number of morpholine rings is 1. The molecule has 3 rings (SSSR count). The molecule has 0 bridgehead atoms. The minimum Gasteiger partial charge on any atom is -0.378 e. The fourth-order valence-corrected chi connectivity index (χ4v) is 2.33. The predicted molar refractivity (Wildman–Crippen MR) is 79.3 cm³/mol. The highest BCUT2D eigenvalue weighted by molar-refractivity contribution is 5.75. The monoisotopic (exact) mass is 286 g/mol. The first kappa shape index (κ1) is 13.6. The topological polar surface area (TPSA) is 59.4 Å². The molecule has 6 heteroatoms. The number of anilines is 1. The quantitative estimate of drug-likeness (QED) is 0.928. The molecule has 1 saturated heterocycles. The van der Waals surface area contributed by atoms with Crippen LogP contribution in [-0.4, -0.2) is 42.1 Å². The van der Waals surface area contributed by atoms with Gasteiger partial charge in [-0.15, -0.1) is 0 Å². The number of carbonyl (C=O) groups is 1. The van der Waals surface area contributed by atoms with E-state index in [1.165, 1.54) is 10.4 Å². The van der Waals surface area contributed by atoms with Gasteiger partial charge in [0.25, 0.3) is 0 Å². The van der Waals surface area contributed by atoms with E-state index in [0.29, 0.717) is 6.54 Å². The zero-order valence-electron chi connectivity index (χ0n) is 11.7. The summed E-state index contributed by atoms with van der Waals surface area (Å²) >= 11 is 0. The largest absolute Gasteiger partial charge is 0.378 e. The number of nitrogens with zero attached hydrogens (tertiary/aromatic N) is 3. The van der Waals surface area contributed by atoms with Crippen LogP contribution >= 0.6 is 0 Å². The predicted octanol–water partition coefficient (Wildman–Crippen LogP) is 1.48. The Morgan fingerprint density at radius 1 is 1.29 bits per heavy atom. The van der Waals surface area contributed by atoms with Crippen LogP contribution in [0.5, 0.6) is 0 Å². The molecule has 6 nitrogen and oxygen atoms in total. The zero-order valence-corrected chi connectivity index (χ0v) is 11.7. The molecule has 0 unspecified atom stereocenters. The summed E-state index contributed by atoms with van der Waals surface area (Å²) in [5, 5.41) is 6.75. The van der Waals surface area contributed by atoms with Gasteiger partial charge >= 0.3 is 6.03 Å². The van der Waals surface area contributed by atoms with Crippen molar-refractivity contribution in [3.8, 4) is 0 Å². The van der Waals surface area contributed by atoms with Crippen LogP contribution in [0.2, 0.25) is 0 Å². The number of hydrogen-bond acceptors (Lipinski definition) is 4. The molecule has 1 aliphatic heterocycles. The molecule has 1 N–H and O–H groups in total. The summed E-state index contributed by atoms with van der Waals surface area (Å²) in [6, 6.07) is 9.71. The van der Waals surface area contributed by atoms with Crippen molar-refractivity contribution in [2.45, 2.75) is 6.54 Å². The molecular formula is C15H18N4O2. The van der Waals surface area contributed by atoms with Gasteiger partial charge in [0.15, 0.2) is 0 Å². The Kier molecular flexibility index (Phi) is 4.16. The third-order valence-electron chi connectivity index (χ3n) is 3.44. The molecule has 1 aromatic heterocycles. The summed E-state index contributed by atoms with van der Waals surface area (Å²) in [5.74, 6) is 0. The summed E-state index contributed by atoms with van der Waals surface area (Å²) in [4.78, 5) is 14.1. The standard InChI is InChI=1S/C15H18N4O2/c20-15(19-6-2-5-17-19)16-12-13-3-1-4-14(11-13)18-7-9-21-10-8-18/h1-6,11H,7-10,12H2,(H,16,20). The molecule has 0 spiro atoms. The van der Waals surface area contributed by atoms with Gasteiger partial charge in [0.05, 0.1) is 13.2 Å². The summed E-state index contributed by atoms with van der Waals surface area (Å²) < 4.78 is 6.65. The average molecular weight is 286 g/mol. The number of benzene rings is 1. The smallest absolute Gasteiger partial charge is 0.342 e. The lowest BCUT2D eigenvalue weighted by molar-refractivity contribution is 0.122. The van der Waals surface area contributed by atoms with E-state index in [1.54, 1.807) is 18.5 Å². The van der Waals surface area contributed by atoms with Crippen LogP contribution in [0.1, 0.15) is 5.56 Å². The third kappa shape index (κ3) is 3.41. The maximum Gasteiger partial charge on any atom is 0.342 e. The molecule has 1 aromatic carbocycles. The van der Waals surface area contributed by atoms with Crippen molar-refractivity contribution in [1.29, 1.82) is 0 Å². The lowest BCUT2D eigenvalue weighted by Gasteiger charge is -2.29. The summed E-state index contributed by atoms with van der Waals surface area (Å²) in [7, 11) is 0. The van der Waals surface area contributed by atoms with E-state index >= 15 is 0 Å². The number of amides is 1. The molecule has 110 valence electrons. The normalized spacial score (nSPS) is 15.0. The Morgan fingerprint density at radius 3 is 2.90 bits per heavy atom. The minimum atomic E-state index is -0.225. The SMILES string of the molecule is O=C(NCc1cccc(N2CCOCC2)c1)n1cccn1. The highest BCUT2D eigenvalue weighted by atomic mass is 16.5. The van der Waals surface area contributed by atoms with Crippen molar-refractivity contribution in [2.24, 2.45) is 0 Å². The molecule has 0 radical (unpaired) electrons. The van der Waals surface area contributed by atoms with Crippen LogP contribution in [-0.2, 0) is 11.3 Å². The number of nitrogens with one attached hydrogen (secondary N) is 1. The lowest BCUT2D eigenvalue weighted by atomic mass is 10.2. The van der Waals surface area contributed by atoms with Crippen LogP contribution < -0.4 is 10.2 Å². The van der Waals surface area contributed by atoms with Gasteiger partial charge in [0.1, 0.15) is 0 Å². The van der Waals surface area contributed by atoms with E-state index < -0.39 is 0 Å². The molecular weight excluding hydrogens is 268 g/mol. The van der Waals surface area contributed by atoms with E-state index in [0.717, 1.165) is 31.9 Å². The van der Waals surface area contributed by atoms with Gasteiger partial charge < -0.3 is 15.0 Å². The Morgan fingerprint density at radius 2 is 2.14 bits per heavy atom. The molecule has 1 aliphatic rings. The van der Waals surface area contributed by atoms with Crippen LogP contribution in [0.25, 0.3) is 0 Å². The number of hydrogen-bond donors (Lipinski definition) is 1. The van der Waals surface area contributed by atoms with Crippen molar-refractivity contribution in [3.05, 3.63) is 48.3 Å². The van der Waals surface area contributed by atoms with E-state index in [9.17, 15) is 4.79 Å². The number of carbonyl (C=O) groups excluding carboxylic acids is 1. The van der Waals surface area contributed by atoms with Crippen molar-refractivity contribution < 1.29 is 9.53 Å². The fourth-order valence-electron chi connectivity index (χ4n) is 2.33. The van der Waals surface area contributed by atoms with Crippen molar-refractivity contribution in [3.63, 3.8) is 0 Å². The highest BCUT2D eigenvalue weighted by Gasteiger charge is 2.11. The summed E-state index contributed by atoms with van der Waals surface area (Å²) in [6.07, 6.45) is 3.21. The van der Waals surface area contributed by atoms with Crippen LogP contribution in [0.3, 0.4) is 0 Å². The Hall–Kier alpha value is -2.34. The molecule has 1 fully saturated rings. The minimum absolute atomic E-state index is 0.225. The molecule has 0 saturated carbocycles. The van der Waals surface area contributed by atoms with Crippen molar-refractivity contribution in [2.75, 3.05) is 31.2 Å². The molecule has 2 aromatic rings. The average Bonchev–Trinajstić information content (AvgIpc) is 3.08. The molecule has 0 aliphatic carbocycles. The summed E-state index contributed by atoms with van der Waals surface area (Å²) in [5.41, 5.74) is 2.24. The van der Waals surface area contributed by atoms with Crippen molar-refractivity contribution in [1.82, 2.24) is 15.1 Å². The van der Waals surface area contributed by atoms with Crippen LogP contribution in [0.4, 0.5) is 10.5 Å². The van der Waals surface area contributed by atoms with Crippen LogP contribution in [0.15, 0.2) is 42.7 Å². The molecule has 1 amide bonds. The first-order valence-electron chi connectivity index (χ1n) is 7.02. The first-order valence-corrected chi connectivity index (χ1v) is 7.02. The maximum absolute atomic E-state index is 11.8. The second-order valence-corrected chi connectivity index (χ2v) is 4.88.